The molecule has 1 rings (SSSR count). The first kappa shape index (κ1) is 18.9. The van der Waals surface area contributed by atoms with Crippen molar-refractivity contribution in [3.63, 3.8) is 0 Å². The van der Waals surface area contributed by atoms with Crippen LogP contribution in [0, 0.1) is 5.92 Å². The van der Waals surface area contributed by atoms with E-state index in [4.69, 9.17) is 9.47 Å². The normalized spacial score (nSPS) is 20.3. The summed E-state index contributed by atoms with van der Waals surface area (Å²) in [6.07, 6.45) is 8.55. The van der Waals surface area contributed by atoms with Crippen molar-refractivity contribution in [2.75, 3.05) is 32.9 Å². The van der Waals surface area contributed by atoms with E-state index in [0.29, 0.717) is 19.8 Å². The molecule has 1 aliphatic heterocycles. The Morgan fingerprint density at radius 2 is 2.05 bits per heavy atom. The Balaban J connectivity index is 1.79. The van der Waals surface area contributed by atoms with Crippen molar-refractivity contribution < 1.29 is 14.6 Å². The molecule has 2 N–H and O–H groups in total. The van der Waals surface area contributed by atoms with Crippen LogP contribution in [0.25, 0.3) is 0 Å². The molecule has 4 heteroatoms. The molecule has 0 aromatic rings. The first-order valence-electron chi connectivity index (χ1n) is 8.76. The van der Waals surface area contributed by atoms with E-state index in [0.717, 1.165) is 31.9 Å². The molecule has 0 bridgehead atoms. The van der Waals surface area contributed by atoms with Crippen molar-refractivity contribution in [1.82, 2.24) is 5.32 Å². The molecule has 0 aromatic carbocycles. The van der Waals surface area contributed by atoms with Gasteiger partial charge in [-0.25, -0.2) is 0 Å². The van der Waals surface area contributed by atoms with Gasteiger partial charge in [0.25, 0.3) is 0 Å². The van der Waals surface area contributed by atoms with E-state index in [2.05, 4.69) is 19.2 Å². The minimum atomic E-state index is -0.410. The van der Waals surface area contributed by atoms with Crippen molar-refractivity contribution in [2.24, 2.45) is 5.92 Å². The maximum absolute atomic E-state index is 9.80. The zero-order valence-corrected chi connectivity index (χ0v) is 14.0. The van der Waals surface area contributed by atoms with Gasteiger partial charge in [0.15, 0.2) is 0 Å². The standard InChI is InChI=1S/C17H35NO3/c1-15(2)8-5-3-4-6-10-18-12-16(19)13-20-14-17-9-7-11-21-17/h15-19H,3-14H2,1-2H3. The first-order chi connectivity index (χ1) is 10.2. The topological polar surface area (TPSA) is 50.7 Å². The Bertz CT molecular complexity index is 230. The van der Waals surface area contributed by atoms with Gasteiger partial charge in [-0.3, -0.25) is 0 Å². The van der Waals surface area contributed by atoms with Crippen LogP contribution in [0.3, 0.4) is 0 Å². The number of hydrogen-bond acceptors (Lipinski definition) is 4. The van der Waals surface area contributed by atoms with Gasteiger partial charge < -0.3 is 19.9 Å². The average Bonchev–Trinajstić information content (AvgIpc) is 2.94. The molecule has 1 aliphatic rings. The molecule has 0 radical (unpaired) electrons. The van der Waals surface area contributed by atoms with E-state index in [-0.39, 0.29) is 6.10 Å². The van der Waals surface area contributed by atoms with Crippen LogP contribution in [0.1, 0.15) is 58.8 Å². The summed E-state index contributed by atoms with van der Waals surface area (Å²) in [6, 6.07) is 0. The third kappa shape index (κ3) is 11.1. The largest absolute Gasteiger partial charge is 0.389 e. The second-order valence-electron chi connectivity index (χ2n) is 6.63. The van der Waals surface area contributed by atoms with E-state index in [9.17, 15) is 5.11 Å². The molecule has 2 unspecified atom stereocenters. The zero-order chi connectivity index (χ0) is 15.3. The summed E-state index contributed by atoms with van der Waals surface area (Å²) in [7, 11) is 0. The van der Waals surface area contributed by atoms with Gasteiger partial charge in [-0.1, -0.05) is 39.5 Å². The Morgan fingerprint density at radius 3 is 2.76 bits per heavy atom. The molecule has 2 atom stereocenters. The molecule has 0 aromatic heterocycles. The van der Waals surface area contributed by atoms with Crippen LogP contribution in [0.4, 0.5) is 0 Å². The smallest absolute Gasteiger partial charge is 0.0897 e. The van der Waals surface area contributed by atoms with Crippen molar-refractivity contribution in [1.29, 1.82) is 0 Å². The molecule has 1 heterocycles. The van der Waals surface area contributed by atoms with Crippen LogP contribution in [0.5, 0.6) is 0 Å². The van der Waals surface area contributed by atoms with Gasteiger partial charge in [-0.2, -0.15) is 0 Å². The summed E-state index contributed by atoms with van der Waals surface area (Å²) < 4.78 is 11.0. The second-order valence-corrected chi connectivity index (χ2v) is 6.63. The highest BCUT2D eigenvalue weighted by Crippen LogP contribution is 2.12. The molecule has 21 heavy (non-hydrogen) atoms. The summed E-state index contributed by atoms with van der Waals surface area (Å²) in [5.74, 6) is 0.827. The van der Waals surface area contributed by atoms with Crippen molar-refractivity contribution in [2.45, 2.75) is 71.0 Å². The zero-order valence-electron chi connectivity index (χ0n) is 14.0. The predicted octanol–water partition coefficient (Wildman–Crippen LogP) is 2.74. The minimum Gasteiger partial charge on any atom is -0.389 e. The van der Waals surface area contributed by atoms with Gasteiger partial charge in [-0.05, 0) is 31.7 Å². The van der Waals surface area contributed by atoms with Gasteiger partial charge in [0.2, 0.25) is 0 Å². The average molecular weight is 301 g/mol. The maximum Gasteiger partial charge on any atom is 0.0897 e. The van der Waals surface area contributed by atoms with Crippen LogP contribution in [0.15, 0.2) is 0 Å². The second kappa shape index (κ2) is 12.4. The summed E-state index contributed by atoms with van der Waals surface area (Å²) in [5, 5.41) is 13.1. The first-order valence-corrected chi connectivity index (χ1v) is 8.76. The minimum absolute atomic E-state index is 0.246. The Kier molecular flexibility index (Phi) is 11.1. The van der Waals surface area contributed by atoms with E-state index >= 15 is 0 Å². The molecule has 1 fully saturated rings. The van der Waals surface area contributed by atoms with Gasteiger partial charge in [-0.15, -0.1) is 0 Å². The molecule has 4 nitrogen and oxygen atoms in total. The van der Waals surface area contributed by atoms with Crippen molar-refractivity contribution >= 4 is 0 Å². The number of aliphatic hydroxyl groups is 1. The molecular formula is C17H35NO3. The summed E-state index contributed by atoms with van der Waals surface area (Å²) >= 11 is 0. The predicted molar refractivity (Wildman–Crippen MR) is 86.6 cm³/mol. The molecule has 0 saturated carbocycles. The Labute approximate surface area is 130 Å². The van der Waals surface area contributed by atoms with Gasteiger partial charge in [0.1, 0.15) is 0 Å². The maximum atomic E-state index is 9.80. The van der Waals surface area contributed by atoms with E-state index < -0.39 is 6.10 Å². The summed E-state index contributed by atoms with van der Waals surface area (Å²) in [6.45, 7) is 8.05. The van der Waals surface area contributed by atoms with Crippen LogP contribution in [-0.2, 0) is 9.47 Å². The van der Waals surface area contributed by atoms with Crippen LogP contribution in [-0.4, -0.2) is 50.2 Å². The lowest BCUT2D eigenvalue weighted by molar-refractivity contribution is -0.0163. The number of aliphatic hydroxyl groups excluding tert-OH is 1. The Morgan fingerprint density at radius 1 is 1.24 bits per heavy atom. The SMILES string of the molecule is CC(C)CCCCCCNCC(O)COCC1CCCO1. The van der Waals surface area contributed by atoms with Gasteiger partial charge in [0.05, 0.1) is 25.4 Å². The molecular weight excluding hydrogens is 266 g/mol. The third-order valence-electron chi connectivity index (χ3n) is 3.90. The quantitative estimate of drug-likeness (QED) is 0.514. The fraction of sp³-hybridized carbons (Fsp3) is 1.00. The lowest BCUT2D eigenvalue weighted by atomic mass is 10.0. The Hall–Kier alpha value is -0.160. The number of ether oxygens (including phenoxy) is 2. The van der Waals surface area contributed by atoms with Crippen LogP contribution < -0.4 is 5.32 Å². The van der Waals surface area contributed by atoms with E-state index in [1.807, 2.05) is 0 Å². The highest BCUT2D eigenvalue weighted by Gasteiger charge is 2.15. The number of nitrogens with one attached hydrogen (secondary N) is 1. The highest BCUT2D eigenvalue weighted by atomic mass is 16.5. The number of rotatable bonds is 13. The molecule has 126 valence electrons. The number of unbranched alkanes of at least 4 members (excludes halogenated alkanes) is 3. The van der Waals surface area contributed by atoms with Crippen molar-refractivity contribution in [3.05, 3.63) is 0 Å². The highest BCUT2D eigenvalue weighted by molar-refractivity contribution is 4.65. The lowest BCUT2D eigenvalue weighted by Gasteiger charge is -2.14. The van der Waals surface area contributed by atoms with Gasteiger partial charge in [0, 0.05) is 13.2 Å². The fourth-order valence-corrected chi connectivity index (χ4v) is 2.60. The van der Waals surface area contributed by atoms with Crippen molar-refractivity contribution in [3.8, 4) is 0 Å². The van der Waals surface area contributed by atoms with E-state index in [1.165, 1.54) is 32.1 Å². The molecule has 0 amide bonds. The molecule has 0 spiro atoms. The van der Waals surface area contributed by atoms with Crippen LogP contribution in [0.2, 0.25) is 0 Å². The summed E-state index contributed by atoms with van der Waals surface area (Å²) in [5.41, 5.74) is 0. The summed E-state index contributed by atoms with van der Waals surface area (Å²) in [4.78, 5) is 0. The third-order valence-corrected chi connectivity index (χ3v) is 3.90. The lowest BCUT2D eigenvalue weighted by Crippen LogP contribution is -2.32. The van der Waals surface area contributed by atoms with E-state index in [1.54, 1.807) is 0 Å². The molecule has 1 saturated heterocycles. The molecule has 0 aliphatic carbocycles. The monoisotopic (exact) mass is 301 g/mol. The number of hydrogen-bond donors (Lipinski definition) is 2. The van der Waals surface area contributed by atoms with Gasteiger partial charge >= 0.3 is 0 Å². The fourth-order valence-electron chi connectivity index (χ4n) is 2.60. The van der Waals surface area contributed by atoms with Crippen LogP contribution >= 0.6 is 0 Å².